The average molecular weight is 356 g/mol. The number of carbonyl (C=O) groups excluding carboxylic acids is 1. The predicted molar refractivity (Wildman–Crippen MR) is 88.8 cm³/mol. The molecule has 1 aromatic rings. The van der Waals surface area contributed by atoms with Gasteiger partial charge in [-0.05, 0) is 49.4 Å². The third-order valence-electron chi connectivity index (χ3n) is 5.29. The van der Waals surface area contributed by atoms with Crippen LogP contribution in [0, 0.1) is 5.41 Å². The number of hydrogen-bond donors (Lipinski definition) is 1. The molecule has 1 atom stereocenters. The van der Waals surface area contributed by atoms with Gasteiger partial charge in [0.15, 0.2) is 0 Å². The zero-order valence-corrected chi connectivity index (χ0v) is 14.5. The highest BCUT2D eigenvalue weighted by molar-refractivity contribution is 6.35. The second-order valence-corrected chi connectivity index (χ2v) is 7.43. The molecule has 124 valence electrons. The molecule has 0 saturated heterocycles. The summed E-state index contributed by atoms with van der Waals surface area (Å²) in [5.74, 6) is -0.949. The van der Waals surface area contributed by atoms with Crippen molar-refractivity contribution < 1.29 is 14.7 Å². The van der Waals surface area contributed by atoms with E-state index < -0.39 is 11.4 Å². The molecular weight excluding hydrogens is 337 g/mol. The van der Waals surface area contributed by atoms with Crippen molar-refractivity contribution in [2.45, 2.75) is 45.1 Å². The van der Waals surface area contributed by atoms with Crippen molar-refractivity contribution in [2.24, 2.45) is 5.41 Å². The lowest BCUT2D eigenvalue weighted by atomic mass is 9.66. The summed E-state index contributed by atoms with van der Waals surface area (Å²) < 4.78 is 0. The van der Waals surface area contributed by atoms with Crippen molar-refractivity contribution >= 4 is 35.1 Å². The smallest absolute Gasteiger partial charge is 0.310 e. The summed E-state index contributed by atoms with van der Waals surface area (Å²) in [4.78, 5) is 25.9. The Balaban J connectivity index is 1.82. The van der Waals surface area contributed by atoms with Gasteiger partial charge in [-0.2, -0.15) is 0 Å². The first-order valence-electron chi connectivity index (χ1n) is 7.85. The first-order valence-corrected chi connectivity index (χ1v) is 8.60. The van der Waals surface area contributed by atoms with Crippen LogP contribution in [0.2, 0.25) is 10.0 Å². The molecule has 0 aromatic heterocycles. The number of carbonyl (C=O) groups is 2. The van der Waals surface area contributed by atoms with Crippen LogP contribution < -0.4 is 0 Å². The number of nitrogens with zero attached hydrogens (tertiary/aromatic N) is 1. The summed E-state index contributed by atoms with van der Waals surface area (Å²) >= 11 is 12.3. The fraction of sp³-hybridized carbons (Fsp3) is 0.529. The molecule has 1 N–H and O–H groups in total. The van der Waals surface area contributed by atoms with E-state index in [9.17, 15) is 14.7 Å². The summed E-state index contributed by atoms with van der Waals surface area (Å²) in [6.45, 7) is 2.50. The number of benzene rings is 1. The van der Waals surface area contributed by atoms with Gasteiger partial charge in [-0.25, -0.2) is 0 Å². The second kappa shape index (κ2) is 5.99. The van der Waals surface area contributed by atoms with Gasteiger partial charge in [0.1, 0.15) is 0 Å². The minimum Gasteiger partial charge on any atom is -0.481 e. The lowest BCUT2D eigenvalue weighted by Crippen LogP contribution is -2.46. The number of amides is 1. The summed E-state index contributed by atoms with van der Waals surface area (Å²) in [7, 11) is 0. The van der Waals surface area contributed by atoms with Crippen molar-refractivity contribution in [3.8, 4) is 0 Å². The number of halogens is 2. The first-order chi connectivity index (χ1) is 10.8. The van der Waals surface area contributed by atoms with E-state index in [0.717, 1.165) is 17.5 Å². The Bertz CT molecular complexity index is 670. The molecule has 1 heterocycles. The number of fused-ring (bicyclic) bond motifs is 1. The van der Waals surface area contributed by atoms with Gasteiger partial charge >= 0.3 is 5.97 Å². The van der Waals surface area contributed by atoms with Crippen LogP contribution in [0.15, 0.2) is 12.1 Å². The molecule has 0 bridgehead atoms. The van der Waals surface area contributed by atoms with Crippen molar-refractivity contribution in [2.75, 3.05) is 6.54 Å². The molecule has 1 aliphatic carbocycles. The molecule has 3 rings (SSSR count). The highest BCUT2D eigenvalue weighted by Crippen LogP contribution is 2.45. The van der Waals surface area contributed by atoms with Gasteiger partial charge in [0.2, 0.25) is 5.91 Å². The monoisotopic (exact) mass is 355 g/mol. The van der Waals surface area contributed by atoms with Gasteiger partial charge in [0.25, 0.3) is 0 Å². The van der Waals surface area contributed by atoms with E-state index in [1.165, 1.54) is 0 Å². The Labute approximate surface area is 145 Å². The number of hydrogen-bond acceptors (Lipinski definition) is 2. The molecule has 0 spiro atoms. The highest BCUT2D eigenvalue weighted by atomic mass is 35.5. The van der Waals surface area contributed by atoms with Crippen LogP contribution >= 0.6 is 23.2 Å². The van der Waals surface area contributed by atoms with E-state index in [1.807, 2.05) is 13.0 Å². The van der Waals surface area contributed by atoms with Crippen LogP contribution in [0.1, 0.15) is 49.8 Å². The normalized spacial score (nSPS) is 22.2. The minimum atomic E-state index is -0.858. The second-order valence-electron chi connectivity index (χ2n) is 6.58. The number of carboxylic acid groups (broad SMARTS) is 1. The molecule has 6 heteroatoms. The maximum Gasteiger partial charge on any atom is 0.310 e. The van der Waals surface area contributed by atoms with E-state index in [4.69, 9.17) is 23.2 Å². The number of rotatable bonds is 3. The summed E-state index contributed by atoms with van der Waals surface area (Å²) in [5.41, 5.74) is 1.13. The molecule has 1 amide bonds. The van der Waals surface area contributed by atoms with Gasteiger partial charge in [-0.3, -0.25) is 9.59 Å². The van der Waals surface area contributed by atoms with Crippen LogP contribution in [0.5, 0.6) is 0 Å². The van der Waals surface area contributed by atoms with E-state index in [1.54, 1.807) is 11.0 Å². The van der Waals surface area contributed by atoms with Crippen LogP contribution in [0.3, 0.4) is 0 Å². The molecule has 1 aliphatic heterocycles. The molecule has 1 aromatic carbocycles. The third-order valence-corrected chi connectivity index (χ3v) is 5.84. The fourth-order valence-electron chi connectivity index (χ4n) is 3.66. The SMILES string of the molecule is CC1c2cc(Cl)cc(Cl)c2CCN1C(=O)CC1(C(=O)O)CCC1. The molecule has 2 aliphatic rings. The van der Waals surface area contributed by atoms with Gasteiger partial charge in [-0.15, -0.1) is 0 Å². The molecule has 23 heavy (non-hydrogen) atoms. The zero-order valence-electron chi connectivity index (χ0n) is 12.9. The van der Waals surface area contributed by atoms with Gasteiger partial charge < -0.3 is 10.0 Å². The summed E-state index contributed by atoms with van der Waals surface area (Å²) in [6.07, 6.45) is 2.80. The Morgan fingerprint density at radius 1 is 1.35 bits per heavy atom. The van der Waals surface area contributed by atoms with Gasteiger partial charge in [0, 0.05) is 23.0 Å². The van der Waals surface area contributed by atoms with E-state index in [-0.39, 0.29) is 18.4 Å². The predicted octanol–water partition coefficient (Wildman–Crippen LogP) is 4.08. The highest BCUT2D eigenvalue weighted by Gasteiger charge is 2.47. The molecule has 0 radical (unpaired) electrons. The standard InChI is InChI=1S/C17H19Cl2NO3/c1-10-13-7-11(18)8-14(19)12(13)3-6-20(10)15(21)9-17(16(22)23)4-2-5-17/h7-8,10H,2-6,9H2,1H3,(H,22,23). The quantitative estimate of drug-likeness (QED) is 0.888. The molecule has 4 nitrogen and oxygen atoms in total. The van der Waals surface area contributed by atoms with Crippen molar-refractivity contribution in [3.05, 3.63) is 33.3 Å². The first kappa shape index (κ1) is 16.6. The van der Waals surface area contributed by atoms with Crippen molar-refractivity contribution in [1.29, 1.82) is 0 Å². The molecule has 1 fully saturated rings. The number of aliphatic carboxylic acids is 1. The lowest BCUT2D eigenvalue weighted by molar-refractivity contribution is -0.160. The number of carboxylic acids is 1. The molecule has 1 unspecified atom stereocenters. The van der Waals surface area contributed by atoms with E-state index in [2.05, 4.69) is 0 Å². The van der Waals surface area contributed by atoms with E-state index in [0.29, 0.717) is 35.9 Å². The summed E-state index contributed by atoms with van der Waals surface area (Å²) in [6, 6.07) is 3.43. The Morgan fingerprint density at radius 3 is 2.61 bits per heavy atom. The van der Waals surface area contributed by atoms with Crippen molar-refractivity contribution in [3.63, 3.8) is 0 Å². The average Bonchev–Trinajstić information content (AvgIpc) is 2.43. The Hall–Kier alpha value is -1.26. The largest absolute Gasteiger partial charge is 0.481 e. The summed E-state index contributed by atoms with van der Waals surface area (Å²) in [5, 5.41) is 10.6. The van der Waals surface area contributed by atoms with Crippen LogP contribution in [-0.4, -0.2) is 28.4 Å². The topological polar surface area (TPSA) is 57.6 Å². The van der Waals surface area contributed by atoms with Crippen LogP contribution in [-0.2, 0) is 16.0 Å². The Morgan fingerprint density at radius 2 is 2.04 bits per heavy atom. The fourth-order valence-corrected chi connectivity index (χ4v) is 4.26. The van der Waals surface area contributed by atoms with E-state index >= 15 is 0 Å². The molecular formula is C17H19Cl2NO3. The maximum atomic E-state index is 12.7. The Kier molecular flexibility index (Phi) is 4.32. The van der Waals surface area contributed by atoms with Crippen LogP contribution in [0.25, 0.3) is 0 Å². The van der Waals surface area contributed by atoms with Gasteiger partial charge in [-0.1, -0.05) is 29.6 Å². The third kappa shape index (κ3) is 2.83. The molecule has 1 saturated carbocycles. The van der Waals surface area contributed by atoms with Gasteiger partial charge in [0.05, 0.1) is 11.5 Å². The maximum absolute atomic E-state index is 12.7. The van der Waals surface area contributed by atoms with Crippen LogP contribution in [0.4, 0.5) is 0 Å². The lowest BCUT2D eigenvalue weighted by Gasteiger charge is -2.41. The zero-order chi connectivity index (χ0) is 16.8. The minimum absolute atomic E-state index is 0.0797. The van der Waals surface area contributed by atoms with Crippen molar-refractivity contribution in [1.82, 2.24) is 4.90 Å².